The molecule has 0 saturated carbocycles. The monoisotopic (exact) mass is 939 g/mol. The Morgan fingerprint density at radius 3 is 1.23 bits per heavy atom. The zero-order chi connectivity index (χ0) is 47.8. The van der Waals surface area contributed by atoms with Crippen LogP contribution < -0.4 is 0 Å². The summed E-state index contributed by atoms with van der Waals surface area (Å²) in [7, 11) is 1.49. The number of rotatable bonds is 50. The van der Waals surface area contributed by atoms with E-state index in [0.29, 0.717) is 23.9 Å². The van der Waals surface area contributed by atoms with Gasteiger partial charge in [0.15, 0.2) is 6.10 Å². The highest BCUT2D eigenvalue weighted by atomic mass is 31.2. The van der Waals surface area contributed by atoms with Crippen LogP contribution in [0.2, 0.25) is 0 Å². The molecule has 2 atom stereocenters. The molecule has 0 aromatic carbocycles. The average Bonchev–Trinajstić information content (AvgIpc) is 3.26. The molecule has 0 aliphatic carbocycles. The highest BCUT2D eigenvalue weighted by Gasteiger charge is 2.27. The van der Waals surface area contributed by atoms with Crippen LogP contribution in [0.1, 0.15) is 251 Å². The molecule has 0 heterocycles. The van der Waals surface area contributed by atoms with Crippen molar-refractivity contribution in [2.24, 2.45) is 0 Å². The summed E-state index contributed by atoms with van der Waals surface area (Å²) < 4.78 is 34.4. The fraction of sp³-hybridized carbons (Fsp3) is 0.855. The first-order valence-electron chi connectivity index (χ1n) is 27.2. The molecule has 9 nitrogen and oxygen atoms in total. The zero-order valence-electron chi connectivity index (χ0n) is 43.2. The number of carbonyl (C=O) groups excluding carboxylic acids is 2. The summed E-state index contributed by atoms with van der Waals surface area (Å²) in [5.74, 6) is -0.790. The molecule has 0 radical (unpaired) electrons. The molecule has 1 N–H and O–H groups in total. The third kappa shape index (κ3) is 51.5. The fourth-order valence-corrected chi connectivity index (χ4v) is 8.41. The van der Waals surface area contributed by atoms with E-state index in [1.807, 2.05) is 21.1 Å². The molecule has 0 aromatic heterocycles. The normalized spacial score (nSPS) is 13.6. The van der Waals surface area contributed by atoms with Crippen LogP contribution in [0.3, 0.4) is 0 Å². The second kappa shape index (κ2) is 47.3. The van der Waals surface area contributed by atoms with Crippen LogP contribution in [0.15, 0.2) is 36.5 Å². The number of likely N-dealkylation sites (N-methyl/N-ethyl adjacent to an activating group) is 1. The van der Waals surface area contributed by atoms with Gasteiger partial charge in [-0.25, -0.2) is 4.57 Å². The van der Waals surface area contributed by atoms with Gasteiger partial charge in [-0.05, 0) is 51.4 Å². The Morgan fingerprint density at radius 1 is 0.477 bits per heavy atom. The van der Waals surface area contributed by atoms with E-state index in [-0.39, 0.29) is 25.6 Å². The Balaban J connectivity index is 4.01. The molecular formula is C55H105NO8P+. The average molecular weight is 939 g/mol. The van der Waals surface area contributed by atoms with Crippen LogP contribution in [0, 0.1) is 0 Å². The number of hydrogen-bond donors (Lipinski definition) is 1. The van der Waals surface area contributed by atoms with Crippen LogP contribution in [-0.4, -0.2) is 74.9 Å². The van der Waals surface area contributed by atoms with Gasteiger partial charge in [0, 0.05) is 12.8 Å². The molecule has 382 valence electrons. The van der Waals surface area contributed by atoms with Crippen molar-refractivity contribution in [2.45, 2.75) is 258 Å². The second-order valence-corrected chi connectivity index (χ2v) is 21.1. The quantitative estimate of drug-likeness (QED) is 0.0211. The Labute approximate surface area is 401 Å². The maximum absolute atomic E-state index is 12.7. The van der Waals surface area contributed by atoms with Crippen LogP contribution >= 0.6 is 7.82 Å². The van der Waals surface area contributed by atoms with Gasteiger partial charge in [0.1, 0.15) is 19.8 Å². The van der Waals surface area contributed by atoms with Gasteiger partial charge in [-0.1, -0.05) is 224 Å². The molecule has 65 heavy (non-hydrogen) atoms. The van der Waals surface area contributed by atoms with E-state index in [1.54, 1.807) is 0 Å². The second-order valence-electron chi connectivity index (χ2n) is 19.6. The maximum Gasteiger partial charge on any atom is 0.472 e. The van der Waals surface area contributed by atoms with Crippen molar-refractivity contribution in [1.82, 2.24) is 0 Å². The van der Waals surface area contributed by atoms with E-state index in [0.717, 1.165) is 44.9 Å². The minimum Gasteiger partial charge on any atom is -0.462 e. The van der Waals surface area contributed by atoms with Crippen molar-refractivity contribution in [1.29, 1.82) is 0 Å². The van der Waals surface area contributed by atoms with Crippen molar-refractivity contribution in [3.05, 3.63) is 36.5 Å². The number of allylic oxidation sites excluding steroid dienone is 6. The first-order valence-corrected chi connectivity index (χ1v) is 28.7. The Kier molecular flexibility index (Phi) is 46.0. The van der Waals surface area contributed by atoms with Gasteiger partial charge in [0.05, 0.1) is 27.7 Å². The number of quaternary nitrogens is 1. The summed E-state index contributed by atoms with van der Waals surface area (Å²) in [5, 5.41) is 0. The van der Waals surface area contributed by atoms with Crippen LogP contribution in [0.5, 0.6) is 0 Å². The number of nitrogens with zero attached hydrogens (tertiary/aromatic N) is 1. The zero-order valence-corrected chi connectivity index (χ0v) is 44.1. The van der Waals surface area contributed by atoms with E-state index in [1.165, 1.54) is 173 Å². The molecular weight excluding hydrogens is 834 g/mol. The van der Waals surface area contributed by atoms with Gasteiger partial charge in [-0.2, -0.15) is 0 Å². The molecule has 0 amide bonds. The highest BCUT2D eigenvalue weighted by molar-refractivity contribution is 7.47. The number of ether oxygens (including phenoxy) is 2. The number of unbranched alkanes of at least 4 members (excludes halogenated alkanes) is 30. The van der Waals surface area contributed by atoms with E-state index in [9.17, 15) is 19.0 Å². The molecule has 2 unspecified atom stereocenters. The van der Waals surface area contributed by atoms with Gasteiger partial charge in [0.2, 0.25) is 0 Å². The third-order valence-electron chi connectivity index (χ3n) is 11.9. The lowest BCUT2D eigenvalue weighted by Crippen LogP contribution is -2.37. The number of hydrogen-bond acceptors (Lipinski definition) is 7. The van der Waals surface area contributed by atoms with Gasteiger partial charge in [-0.15, -0.1) is 0 Å². The summed E-state index contributed by atoms with van der Waals surface area (Å²) in [5.41, 5.74) is 0. The molecule has 0 bridgehead atoms. The lowest BCUT2D eigenvalue weighted by atomic mass is 10.0. The highest BCUT2D eigenvalue weighted by Crippen LogP contribution is 2.43. The molecule has 0 spiro atoms. The molecule has 10 heteroatoms. The van der Waals surface area contributed by atoms with E-state index in [2.05, 4.69) is 50.3 Å². The van der Waals surface area contributed by atoms with Crippen molar-refractivity contribution in [2.75, 3.05) is 47.5 Å². The maximum atomic E-state index is 12.7. The number of esters is 2. The fourth-order valence-electron chi connectivity index (χ4n) is 7.67. The van der Waals surface area contributed by atoms with Gasteiger partial charge in [-0.3, -0.25) is 18.6 Å². The SMILES string of the molecule is CCCCCCC/C=C\C/C=C\C/C=C\CCCCCCCCCCCCCCCCCCC(=O)OC(COC(=O)CCCCCCCCCCCC)COP(=O)(O)OCC[N+](C)(C)C. The lowest BCUT2D eigenvalue weighted by Gasteiger charge is -2.24. The van der Waals surface area contributed by atoms with Crippen molar-refractivity contribution >= 4 is 19.8 Å². The minimum atomic E-state index is -4.37. The van der Waals surface area contributed by atoms with Crippen molar-refractivity contribution < 1.29 is 42.1 Å². The van der Waals surface area contributed by atoms with E-state index < -0.39 is 26.5 Å². The lowest BCUT2D eigenvalue weighted by molar-refractivity contribution is -0.870. The molecule has 0 aliphatic rings. The molecule has 0 aliphatic heterocycles. The van der Waals surface area contributed by atoms with Crippen LogP contribution in [0.25, 0.3) is 0 Å². The Bertz CT molecular complexity index is 1200. The van der Waals surface area contributed by atoms with Crippen molar-refractivity contribution in [3.8, 4) is 0 Å². The van der Waals surface area contributed by atoms with Crippen LogP contribution in [-0.2, 0) is 32.7 Å². The molecule has 0 aromatic rings. The standard InChI is InChI=1S/C55H104NO8P/c1-6-8-10-12-14-16-18-19-20-21-22-23-24-25-26-27-28-29-30-31-32-33-34-35-36-37-38-40-42-44-46-48-55(58)64-53(52-63-65(59,60)62-50-49-56(3,4)5)51-61-54(57)47-45-43-41-39-17-15-13-11-9-7-2/h18-19,21-22,24-25,53H,6-17,20,23,26-52H2,1-5H3/p+1/b19-18-,22-21-,25-24-. The first kappa shape index (κ1) is 63.2. The Hall–Kier alpha value is -1.77. The molecule has 0 fully saturated rings. The first-order chi connectivity index (χ1) is 31.5. The largest absolute Gasteiger partial charge is 0.472 e. The summed E-state index contributed by atoms with van der Waals surface area (Å²) in [4.78, 5) is 35.4. The number of carbonyl (C=O) groups is 2. The van der Waals surface area contributed by atoms with Gasteiger partial charge < -0.3 is 18.9 Å². The van der Waals surface area contributed by atoms with E-state index >= 15 is 0 Å². The van der Waals surface area contributed by atoms with Crippen molar-refractivity contribution in [3.63, 3.8) is 0 Å². The van der Waals surface area contributed by atoms with Crippen LogP contribution in [0.4, 0.5) is 0 Å². The number of phosphoric acid groups is 1. The summed E-state index contributed by atoms with van der Waals surface area (Å²) >= 11 is 0. The van der Waals surface area contributed by atoms with Gasteiger partial charge in [0.25, 0.3) is 0 Å². The number of phosphoric ester groups is 1. The Morgan fingerprint density at radius 2 is 0.831 bits per heavy atom. The molecule has 0 rings (SSSR count). The topological polar surface area (TPSA) is 108 Å². The van der Waals surface area contributed by atoms with E-state index in [4.69, 9.17) is 18.5 Å². The summed E-state index contributed by atoms with van der Waals surface area (Å²) in [6.07, 6.45) is 56.5. The summed E-state index contributed by atoms with van der Waals surface area (Å²) in [6, 6.07) is 0. The molecule has 0 saturated heterocycles. The minimum absolute atomic E-state index is 0.0337. The predicted molar refractivity (Wildman–Crippen MR) is 275 cm³/mol. The predicted octanol–water partition coefficient (Wildman–Crippen LogP) is 16.4. The summed E-state index contributed by atoms with van der Waals surface area (Å²) in [6.45, 7) is 4.42. The third-order valence-corrected chi connectivity index (χ3v) is 12.9. The smallest absolute Gasteiger partial charge is 0.462 e. The van der Waals surface area contributed by atoms with Gasteiger partial charge >= 0.3 is 19.8 Å².